The van der Waals surface area contributed by atoms with Crippen LogP contribution in [0.15, 0.2) is 12.2 Å². The summed E-state index contributed by atoms with van der Waals surface area (Å²) in [6.07, 6.45) is 5.06. The number of alkyl halides is 1. The Labute approximate surface area is 50.2 Å². The van der Waals surface area contributed by atoms with Crippen LogP contribution < -0.4 is 0 Å². The van der Waals surface area contributed by atoms with Gasteiger partial charge in [-0.05, 0) is 20.3 Å². The van der Waals surface area contributed by atoms with Crippen LogP contribution in [0.3, 0.4) is 0 Å². The van der Waals surface area contributed by atoms with Gasteiger partial charge in [-0.25, -0.2) is 0 Å². The molecular weight excluding hydrogens is 108 g/mol. The van der Waals surface area contributed by atoms with Crippen molar-refractivity contribution in [3.8, 4) is 0 Å². The van der Waals surface area contributed by atoms with Gasteiger partial charge in [0.05, 0.1) is 0 Å². The fraction of sp³-hybridized carbons (Fsp3) is 0.667. The van der Waals surface area contributed by atoms with Crippen molar-refractivity contribution in [1.29, 1.82) is 0 Å². The highest BCUT2D eigenvalue weighted by molar-refractivity contribution is 6.20. The van der Waals surface area contributed by atoms with Gasteiger partial charge in [0.1, 0.15) is 0 Å². The third-order valence-corrected chi connectivity index (χ3v) is 0.875. The molecule has 0 spiro atoms. The Morgan fingerprint density at radius 3 is 2.43 bits per heavy atom. The Balaban J connectivity index is 2.97. The van der Waals surface area contributed by atoms with Crippen LogP contribution in [0.4, 0.5) is 0 Å². The summed E-state index contributed by atoms with van der Waals surface area (Å²) in [5, 5.41) is 0.288. The molecule has 0 nitrogen and oxygen atoms in total. The summed E-state index contributed by atoms with van der Waals surface area (Å²) < 4.78 is 0. The molecule has 0 bridgehead atoms. The van der Waals surface area contributed by atoms with Gasteiger partial charge in [0, 0.05) is 5.38 Å². The van der Waals surface area contributed by atoms with E-state index in [0.717, 1.165) is 6.42 Å². The van der Waals surface area contributed by atoms with E-state index in [1.165, 1.54) is 0 Å². The van der Waals surface area contributed by atoms with Crippen molar-refractivity contribution in [2.75, 3.05) is 0 Å². The zero-order valence-corrected chi connectivity index (χ0v) is 5.57. The monoisotopic (exact) mass is 118 g/mol. The molecule has 0 N–H and O–H groups in total. The summed E-state index contributed by atoms with van der Waals surface area (Å²) in [6.45, 7) is 3.99. The molecule has 0 aliphatic heterocycles. The van der Waals surface area contributed by atoms with Gasteiger partial charge in [-0.1, -0.05) is 12.2 Å². The lowest BCUT2D eigenvalue weighted by molar-refractivity contribution is 0.967. The molecule has 0 aliphatic rings. The third kappa shape index (κ3) is 6.03. The predicted octanol–water partition coefficient (Wildman–Crippen LogP) is 2.58. The Kier molecular flexibility index (Phi) is 4.21. The fourth-order valence-electron chi connectivity index (χ4n) is 0.324. The molecule has 1 heteroatoms. The van der Waals surface area contributed by atoms with Gasteiger partial charge in [-0.15, -0.1) is 11.6 Å². The molecule has 42 valence electrons. The first-order chi connectivity index (χ1) is 3.27. The van der Waals surface area contributed by atoms with E-state index in [4.69, 9.17) is 11.6 Å². The van der Waals surface area contributed by atoms with Gasteiger partial charge in [0.15, 0.2) is 0 Å². The second-order valence-corrected chi connectivity index (χ2v) is 2.33. The number of halogens is 1. The normalized spacial score (nSPS) is 15.3. The van der Waals surface area contributed by atoms with Gasteiger partial charge in [0.25, 0.3) is 0 Å². The molecule has 0 aromatic rings. The summed E-state index contributed by atoms with van der Waals surface area (Å²) in [5.74, 6) is 0. The molecule has 0 radical (unpaired) electrons. The van der Waals surface area contributed by atoms with Crippen LogP contribution in [0.5, 0.6) is 0 Å². The standard InChI is InChI=1S/C6H11Cl/c1-3-4-5-6(2)7/h3-4,6H,5H2,1-2H3/b4-3+. The van der Waals surface area contributed by atoms with Crippen molar-refractivity contribution in [2.45, 2.75) is 25.6 Å². The van der Waals surface area contributed by atoms with Crippen LogP contribution in [0.2, 0.25) is 0 Å². The van der Waals surface area contributed by atoms with Crippen molar-refractivity contribution in [3.63, 3.8) is 0 Å². The van der Waals surface area contributed by atoms with Crippen LogP contribution in [0, 0.1) is 0 Å². The zero-order valence-electron chi connectivity index (χ0n) is 4.82. The molecule has 0 rings (SSSR count). The quantitative estimate of drug-likeness (QED) is 0.386. The SMILES string of the molecule is C/C=C/CC(C)Cl. The van der Waals surface area contributed by atoms with E-state index in [0.29, 0.717) is 0 Å². The highest BCUT2D eigenvalue weighted by atomic mass is 35.5. The highest BCUT2D eigenvalue weighted by Crippen LogP contribution is 1.99. The minimum absolute atomic E-state index is 0.288. The molecule has 1 atom stereocenters. The first kappa shape index (κ1) is 7.03. The Hall–Kier alpha value is 0.0300. The summed E-state index contributed by atoms with van der Waals surface area (Å²) >= 11 is 5.61. The molecule has 0 heterocycles. The molecule has 0 aromatic heterocycles. The number of hydrogen-bond donors (Lipinski definition) is 0. The molecular formula is C6H11Cl. The van der Waals surface area contributed by atoms with E-state index >= 15 is 0 Å². The number of allylic oxidation sites excluding steroid dienone is 2. The fourth-order valence-corrected chi connectivity index (χ4v) is 0.426. The number of hydrogen-bond acceptors (Lipinski definition) is 0. The second kappa shape index (κ2) is 4.20. The van der Waals surface area contributed by atoms with E-state index in [2.05, 4.69) is 6.08 Å². The van der Waals surface area contributed by atoms with Crippen molar-refractivity contribution in [1.82, 2.24) is 0 Å². The molecule has 0 aliphatic carbocycles. The van der Waals surface area contributed by atoms with Crippen LogP contribution in [-0.4, -0.2) is 5.38 Å². The van der Waals surface area contributed by atoms with Crippen molar-refractivity contribution < 1.29 is 0 Å². The van der Waals surface area contributed by atoms with E-state index < -0.39 is 0 Å². The maximum absolute atomic E-state index is 5.61. The second-order valence-electron chi connectivity index (χ2n) is 1.59. The molecule has 0 amide bonds. The topological polar surface area (TPSA) is 0 Å². The molecule has 0 aromatic carbocycles. The largest absolute Gasteiger partial charge is 0.123 e. The van der Waals surface area contributed by atoms with Crippen LogP contribution >= 0.6 is 11.6 Å². The van der Waals surface area contributed by atoms with Crippen molar-refractivity contribution in [2.24, 2.45) is 0 Å². The molecule has 1 unspecified atom stereocenters. The number of rotatable bonds is 2. The van der Waals surface area contributed by atoms with Crippen LogP contribution in [0.1, 0.15) is 20.3 Å². The first-order valence-corrected chi connectivity index (χ1v) is 2.96. The first-order valence-electron chi connectivity index (χ1n) is 2.52. The molecule has 0 saturated carbocycles. The minimum atomic E-state index is 0.288. The Bertz CT molecular complexity index is 55.2. The molecule has 0 fully saturated rings. The smallest absolute Gasteiger partial charge is 0.0342 e. The van der Waals surface area contributed by atoms with E-state index in [1.807, 2.05) is 19.9 Å². The Morgan fingerprint density at radius 1 is 1.71 bits per heavy atom. The lowest BCUT2D eigenvalue weighted by Gasteiger charge is -1.91. The maximum atomic E-state index is 5.61. The van der Waals surface area contributed by atoms with Crippen molar-refractivity contribution >= 4 is 11.6 Å². The predicted molar refractivity (Wildman–Crippen MR) is 34.7 cm³/mol. The lowest BCUT2D eigenvalue weighted by Crippen LogP contribution is -1.83. The molecule has 7 heavy (non-hydrogen) atoms. The van der Waals surface area contributed by atoms with Crippen LogP contribution in [0.25, 0.3) is 0 Å². The Morgan fingerprint density at radius 2 is 2.29 bits per heavy atom. The van der Waals surface area contributed by atoms with Gasteiger partial charge in [0.2, 0.25) is 0 Å². The third-order valence-electron chi connectivity index (χ3n) is 0.697. The molecule has 0 saturated heterocycles. The van der Waals surface area contributed by atoms with E-state index in [9.17, 15) is 0 Å². The summed E-state index contributed by atoms with van der Waals surface area (Å²) in [7, 11) is 0. The zero-order chi connectivity index (χ0) is 5.70. The summed E-state index contributed by atoms with van der Waals surface area (Å²) in [4.78, 5) is 0. The summed E-state index contributed by atoms with van der Waals surface area (Å²) in [5.41, 5.74) is 0. The highest BCUT2D eigenvalue weighted by Gasteiger charge is 1.86. The average Bonchev–Trinajstić information content (AvgIpc) is 1.61. The lowest BCUT2D eigenvalue weighted by atomic mass is 10.3. The van der Waals surface area contributed by atoms with Gasteiger partial charge in [-0.2, -0.15) is 0 Å². The van der Waals surface area contributed by atoms with Gasteiger partial charge in [-0.3, -0.25) is 0 Å². The minimum Gasteiger partial charge on any atom is -0.123 e. The van der Waals surface area contributed by atoms with Crippen LogP contribution in [-0.2, 0) is 0 Å². The van der Waals surface area contributed by atoms with E-state index in [1.54, 1.807) is 0 Å². The summed E-state index contributed by atoms with van der Waals surface area (Å²) in [6, 6.07) is 0. The van der Waals surface area contributed by atoms with Gasteiger partial charge >= 0.3 is 0 Å². The maximum Gasteiger partial charge on any atom is 0.0342 e. The van der Waals surface area contributed by atoms with Crippen molar-refractivity contribution in [3.05, 3.63) is 12.2 Å². The average molecular weight is 119 g/mol. The van der Waals surface area contributed by atoms with E-state index in [-0.39, 0.29) is 5.38 Å². The van der Waals surface area contributed by atoms with Gasteiger partial charge < -0.3 is 0 Å².